The van der Waals surface area contributed by atoms with Gasteiger partial charge in [-0.1, -0.05) is 25.7 Å². The SMILES string of the molecule is Cc1sccc1C(=O)C1CCCCCC1. The molecule has 0 aliphatic heterocycles. The van der Waals surface area contributed by atoms with Crippen molar-refractivity contribution in [3.05, 3.63) is 21.9 Å². The zero-order chi connectivity index (χ0) is 10.7. The van der Waals surface area contributed by atoms with Gasteiger partial charge in [0.2, 0.25) is 0 Å². The summed E-state index contributed by atoms with van der Waals surface area (Å²) in [5.74, 6) is 0.705. The normalized spacial score (nSPS) is 18.7. The summed E-state index contributed by atoms with van der Waals surface area (Å²) in [6, 6.07) is 1.99. The maximum atomic E-state index is 12.2. The van der Waals surface area contributed by atoms with Gasteiger partial charge in [-0.05, 0) is 31.2 Å². The highest BCUT2D eigenvalue weighted by molar-refractivity contribution is 7.10. The Hall–Kier alpha value is -0.630. The highest BCUT2D eigenvalue weighted by Gasteiger charge is 2.22. The average molecular weight is 222 g/mol. The van der Waals surface area contributed by atoms with E-state index in [-0.39, 0.29) is 0 Å². The first kappa shape index (κ1) is 10.9. The molecule has 1 saturated carbocycles. The number of hydrogen-bond donors (Lipinski definition) is 0. The third-order valence-electron chi connectivity index (χ3n) is 3.35. The quantitative estimate of drug-likeness (QED) is 0.541. The van der Waals surface area contributed by atoms with Crippen LogP contribution in [0.15, 0.2) is 11.4 Å². The summed E-state index contributed by atoms with van der Waals surface area (Å²) in [5.41, 5.74) is 0.979. The lowest BCUT2D eigenvalue weighted by molar-refractivity contribution is 0.0908. The van der Waals surface area contributed by atoms with Crippen LogP contribution < -0.4 is 0 Å². The maximum Gasteiger partial charge on any atom is 0.167 e. The Kier molecular flexibility index (Phi) is 3.57. The third kappa shape index (κ3) is 2.49. The van der Waals surface area contributed by atoms with Gasteiger partial charge in [0.25, 0.3) is 0 Å². The fourth-order valence-electron chi connectivity index (χ4n) is 2.40. The average Bonchev–Trinajstić information content (AvgIpc) is 2.53. The Bertz CT molecular complexity index is 332. The smallest absolute Gasteiger partial charge is 0.167 e. The van der Waals surface area contributed by atoms with E-state index in [1.165, 1.54) is 30.6 Å². The van der Waals surface area contributed by atoms with Crippen LogP contribution in [-0.2, 0) is 0 Å². The molecule has 1 aromatic rings. The lowest BCUT2D eigenvalue weighted by Crippen LogP contribution is -2.14. The van der Waals surface area contributed by atoms with E-state index in [0.717, 1.165) is 18.4 Å². The van der Waals surface area contributed by atoms with Crippen LogP contribution in [-0.4, -0.2) is 5.78 Å². The Morgan fingerprint density at radius 2 is 1.93 bits per heavy atom. The van der Waals surface area contributed by atoms with Crippen LogP contribution in [0.1, 0.15) is 53.8 Å². The molecule has 82 valence electrons. The zero-order valence-corrected chi connectivity index (χ0v) is 10.1. The molecular weight excluding hydrogens is 204 g/mol. The number of thiophene rings is 1. The Morgan fingerprint density at radius 1 is 1.27 bits per heavy atom. The molecule has 0 N–H and O–H groups in total. The molecule has 1 fully saturated rings. The maximum absolute atomic E-state index is 12.2. The topological polar surface area (TPSA) is 17.1 Å². The number of aryl methyl sites for hydroxylation is 1. The summed E-state index contributed by atoms with van der Waals surface area (Å²) in [4.78, 5) is 13.4. The summed E-state index contributed by atoms with van der Waals surface area (Å²) in [6.07, 6.45) is 7.31. The molecule has 0 saturated heterocycles. The standard InChI is InChI=1S/C13H18OS/c1-10-12(8-9-15-10)13(14)11-6-4-2-3-5-7-11/h8-9,11H,2-7H2,1H3. The van der Waals surface area contributed by atoms with Crippen molar-refractivity contribution in [3.8, 4) is 0 Å². The van der Waals surface area contributed by atoms with Crippen molar-refractivity contribution in [1.82, 2.24) is 0 Å². The first-order valence-electron chi connectivity index (χ1n) is 5.87. The number of Topliss-reactive ketones (excluding diaryl/α,β-unsaturated/α-hetero) is 1. The molecule has 2 heteroatoms. The number of carbonyl (C=O) groups is 1. The highest BCUT2D eigenvalue weighted by Crippen LogP contribution is 2.28. The number of carbonyl (C=O) groups excluding carboxylic acids is 1. The molecule has 1 nitrogen and oxygen atoms in total. The molecule has 0 spiro atoms. The second-order valence-electron chi connectivity index (χ2n) is 4.44. The van der Waals surface area contributed by atoms with Crippen molar-refractivity contribution >= 4 is 17.1 Å². The molecule has 15 heavy (non-hydrogen) atoms. The van der Waals surface area contributed by atoms with E-state index in [1.807, 2.05) is 11.4 Å². The number of hydrogen-bond acceptors (Lipinski definition) is 2. The van der Waals surface area contributed by atoms with Gasteiger partial charge in [-0.25, -0.2) is 0 Å². The molecule has 0 radical (unpaired) electrons. The molecule has 0 atom stereocenters. The van der Waals surface area contributed by atoms with Crippen LogP contribution in [0.3, 0.4) is 0 Å². The van der Waals surface area contributed by atoms with Gasteiger partial charge in [-0.15, -0.1) is 11.3 Å². The van der Waals surface area contributed by atoms with Crippen molar-refractivity contribution in [2.24, 2.45) is 5.92 Å². The fraction of sp³-hybridized carbons (Fsp3) is 0.615. The van der Waals surface area contributed by atoms with E-state index in [2.05, 4.69) is 6.92 Å². The Balaban J connectivity index is 2.09. The van der Waals surface area contributed by atoms with Gasteiger partial charge in [0.15, 0.2) is 5.78 Å². The molecule has 0 amide bonds. The summed E-state index contributed by atoms with van der Waals surface area (Å²) in [7, 11) is 0. The molecule has 0 unspecified atom stereocenters. The minimum Gasteiger partial charge on any atom is -0.294 e. The van der Waals surface area contributed by atoms with E-state index in [4.69, 9.17) is 0 Å². The van der Waals surface area contributed by atoms with Crippen LogP contribution in [0.25, 0.3) is 0 Å². The molecule has 1 aliphatic rings. The van der Waals surface area contributed by atoms with Gasteiger partial charge in [-0.3, -0.25) is 4.79 Å². The summed E-state index contributed by atoms with van der Waals surface area (Å²) >= 11 is 1.68. The predicted octanol–water partition coefficient (Wildman–Crippen LogP) is 4.21. The van der Waals surface area contributed by atoms with Crippen LogP contribution in [0.2, 0.25) is 0 Å². The van der Waals surface area contributed by atoms with Crippen molar-refractivity contribution in [2.45, 2.75) is 45.4 Å². The molecule has 1 aliphatic carbocycles. The molecule has 2 rings (SSSR count). The van der Waals surface area contributed by atoms with Crippen LogP contribution in [0, 0.1) is 12.8 Å². The first-order chi connectivity index (χ1) is 7.29. The van der Waals surface area contributed by atoms with E-state index >= 15 is 0 Å². The zero-order valence-electron chi connectivity index (χ0n) is 9.29. The highest BCUT2D eigenvalue weighted by atomic mass is 32.1. The van der Waals surface area contributed by atoms with Crippen LogP contribution in [0.5, 0.6) is 0 Å². The Labute approximate surface area is 95.5 Å². The summed E-state index contributed by atoms with van der Waals surface area (Å²) in [6.45, 7) is 2.05. The van der Waals surface area contributed by atoms with Crippen molar-refractivity contribution in [1.29, 1.82) is 0 Å². The summed E-state index contributed by atoms with van der Waals surface area (Å²) < 4.78 is 0. The second-order valence-corrected chi connectivity index (χ2v) is 5.56. The van der Waals surface area contributed by atoms with Gasteiger partial charge in [0.1, 0.15) is 0 Å². The van der Waals surface area contributed by atoms with E-state index in [0.29, 0.717) is 11.7 Å². The van der Waals surface area contributed by atoms with Gasteiger partial charge in [0.05, 0.1) is 0 Å². The lowest BCUT2D eigenvalue weighted by atomic mass is 9.91. The Morgan fingerprint density at radius 3 is 2.47 bits per heavy atom. The van der Waals surface area contributed by atoms with Crippen LogP contribution in [0.4, 0.5) is 0 Å². The van der Waals surface area contributed by atoms with Crippen molar-refractivity contribution in [3.63, 3.8) is 0 Å². The molecule has 0 aromatic carbocycles. The molecule has 0 bridgehead atoms. The fourth-order valence-corrected chi connectivity index (χ4v) is 3.11. The summed E-state index contributed by atoms with van der Waals surface area (Å²) in [5, 5.41) is 2.03. The van der Waals surface area contributed by atoms with Gasteiger partial charge in [-0.2, -0.15) is 0 Å². The number of ketones is 1. The molecule has 1 aromatic heterocycles. The monoisotopic (exact) mass is 222 g/mol. The minimum absolute atomic E-state index is 0.306. The van der Waals surface area contributed by atoms with Crippen LogP contribution >= 0.6 is 11.3 Å². The molecule has 1 heterocycles. The minimum atomic E-state index is 0.306. The van der Waals surface area contributed by atoms with E-state index in [9.17, 15) is 4.79 Å². The second kappa shape index (κ2) is 4.93. The largest absolute Gasteiger partial charge is 0.294 e. The van der Waals surface area contributed by atoms with Crippen molar-refractivity contribution < 1.29 is 4.79 Å². The molecular formula is C13H18OS. The third-order valence-corrected chi connectivity index (χ3v) is 4.20. The van der Waals surface area contributed by atoms with Crippen molar-refractivity contribution in [2.75, 3.05) is 0 Å². The predicted molar refractivity (Wildman–Crippen MR) is 64.6 cm³/mol. The van der Waals surface area contributed by atoms with Gasteiger partial charge < -0.3 is 0 Å². The number of rotatable bonds is 2. The lowest BCUT2D eigenvalue weighted by Gasteiger charge is -2.12. The van der Waals surface area contributed by atoms with Gasteiger partial charge >= 0.3 is 0 Å². The van der Waals surface area contributed by atoms with Gasteiger partial charge in [0, 0.05) is 16.4 Å². The first-order valence-corrected chi connectivity index (χ1v) is 6.75. The van der Waals surface area contributed by atoms with E-state index < -0.39 is 0 Å². The van der Waals surface area contributed by atoms with E-state index in [1.54, 1.807) is 11.3 Å².